The molecule has 136 valence electrons. The van der Waals surface area contributed by atoms with Gasteiger partial charge in [-0.1, -0.05) is 0 Å². The lowest BCUT2D eigenvalue weighted by molar-refractivity contribution is 0.0697. The van der Waals surface area contributed by atoms with Gasteiger partial charge in [-0.2, -0.15) is 0 Å². The Morgan fingerprint density at radius 1 is 1.07 bits per heavy atom. The Morgan fingerprint density at radius 3 is 2.63 bits per heavy atom. The molecule has 4 aromatic rings. The highest BCUT2D eigenvalue weighted by Crippen LogP contribution is 2.32. The van der Waals surface area contributed by atoms with Crippen molar-refractivity contribution in [3.8, 4) is 11.3 Å². The maximum Gasteiger partial charge on any atom is 0.335 e. The maximum atomic E-state index is 11.3. The van der Waals surface area contributed by atoms with E-state index in [0.29, 0.717) is 16.9 Å². The monoisotopic (exact) mass is 361 g/mol. The van der Waals surface area contributed by atoms with E-state index in [1.54, 1.807) is 24.5 Å². The second-order valence-corrected chi connectivity index (χ2v) is 6.78. The fraction of sp³-hybridized carbons (Fsp3) is 0.190. The number of aromatic nitrogens is 2. The molecule has 1 N–H and O–H groups in total. The Labute approximate surface area is 156 Å². The Kier molecular flexibility index (Phi) is 4.03. The fourth-order valence-corrected chi connectivity index (χ4v) is 2.98. The number of furan rings is 1. The Bertz CT molecular complexity index is 1160. The van der Waals surface area contributed by atoms with Crippen LogP contribution < -0.4 is 4.90 Å². The third-order valence-corrected chi connectivity index (χ3v) is 4.73. The average Bonchev–Trinajstić information content (AvgIpc) is 3.13. The summed E-state index contributed by atoms with van der Waals surface area (Å²) in [5.74, 6) is -0.269. The largest absolute Gasteiger partial charge is 0.478 e. The van der Waals surface area contributed by atoms with Gasteiger partial charge < -0.3 is 14.4 Å². The van der Waals surface area contributed by atoms with E-state index in [9.17, 15) is 9.90 Å². The van der Waals surface area contributed by atoms with Gasteiger partial charge in [0.1, 0.15) is 11.3 Å². The minimum absolute atomic E-state index is 0.197. The second kappa shape index (κ2) is 6.39. The van der Waals surface area contributed by atoms with E-state index in [0.717, 1.165) is 22.2 Å². The van der Waals surface area contributed by atoms with Crippen molar-refractivity contribution in [2.75, 3.05) is 11.9 Å². The zero-order chi connectivity index (χ0) is 19.1. The van der Waals surface area contributed by atoms with Gasteiger partial charge in [0.2, 0.25) is 0 Å². The van der Waals surface area contributed by atoms with Gasteiger partial charge in [0.15, 0.2) is 5.82 Å². The molecule has 0 saturated heterocycles. The predicted octanol–water partition coefficient (Wildman–Crippen LogP) is 4.59. The van der Waals surface area contributed by atoms with Crippen molar-refractivity contribution in [1.29, 1.82) is 0 Å². The number of carboxylic acid groups (broad SMARTS) is 1. The van der Waals surface area contributed by atoms with E-state index in [1.165, 1.54) is 0 Å². The van der Waals surface area contributed by atoms with Crippen LogP contribution in [-0.4, -0.2) is 34.1 Å². The number of aromatic carboxylic acids is 1. The molecule has 27 heavy (non-hydrogen) atoms. The quantitative estimate of drug-likeness (QED) is 0.573. The van der Waals surface area contributed by atoms with Crippen LogP contribution in [0.25, 0.3) is 33.3 Å². The van der Waals surface area contributed by atoms with E-state index < -0.39 is 5.97 Å². The molecular weight excluding hydrogens is 342 g/mol. The summed E-state index contributed by atoms with van der Waals surface area (Å²) >= 11 is 0. The van der Waals surface area contributed by atoms with Crippen LogP contribution in [0.5, 0.6) is 0 Å². The van der Waals surface area contributed by atoms with Gasteiger partial charge >= 0.3 is 5.97 Å². The van der Waals surface area contributed by atoms with Gasteiger partial charge in [-0.25, -0.2) is 14.8 Å². The second-order valence-electron chi connectivity index (χ2n) is 6.78. The van der Waals surface area contributed by atoms with Crippen LogP contribution >= 0.6 is 0 Å². The molecule has 0 radical (unpaired) electrons. The minimum Gasteiger partial charge on any atom is -0.478 e. The summed E-state index contributed by atoms with van der Waals surface area (Å²) in [6.45, 7) is 4.14. The van der Waals surface area contributed by atoms with E-state index in [2.05, 4.69) is 13.8 Å². The number of benzene rings is 2. The number of hydrogen-bond donors (Lipinski definition) is 1. The van der Waals surface area contributed by atoms with Crippen molar-refractivity contribution in [1.82, 2.24) is 9.97 Å². The Morgan fingerprint density at radius 2 is 1.89 bits per heavy atom. The predicted molar refractivity (Wildman–Crippen MR) is 105 cm³/mol. The number of nitrogens with zero attached hydrogens (tertiary/aromatic N) is 3. The van der Waals surface area contributed by atoms with Crippen LogP contribution in [0.2, 0.25) is 0 Å². The molecule has 0 aliphatic rings. The number of carbonyl (C=O) groups is 1. The van der Waals surface area contributed by atoms with Gasteiger partial charge in [0.05, 0.1) is 22.9 Å². The standard InChI is InChI=1S/C21H19N3O3/c1-12(2)24(3)20-19(14-5-7-18-13(10-14)8-9-27-18)22-16-6-4-15(21(25)26)11-17(16)23-20/h4-12H,1-3H3,(H,25,26). The third kappa shape index (κ3) is 2.99. The molecule has 0 spiro atoms. The SMILES string of the molecule is CC(C)N(C)c1nc2cc(C(=O)O)ccc2nc1-c1ccc2occc2c1. The number of rotatable bonds is 4. The molecule has 6 nitrogen and oxygen atoms in total. The first kappa shape index (κ1) is 17.0. The summed E-state index contributed by atoms with van der Waals surface area (Å²) in [6, 6.07) is 12.8. The van der Waals surface area contributed by atoms with Crippen molar-refractivity contribution in [2.24, 2.45) is 0 Å². The number of hydrogen-bond acceptors (Lipinski definition) is 5. The Hall–Kier alpha value is -3.41. The van der Waals surface area contributed by atoms with Crippen LogP contribution in [-0.2, 0) is 0 Å². The molecule has 2 aromatic heterocycles. The molecule has 0 unspecified atom stereocenters. The first-order chi connectivity index (χ1) is 12.9. The third-order valence-electron chi connectivity index (χ3n) is 4.73. The number of fused-ring (bicyclic) bond motifs is 2. The Balaban J connectivity index is 1.97. The van der Waals surface area contributed by atoms with Crippen LogP contribution in [0.1, 0.15) is 24.2 Å². The van der Waals surface area contributed by atoms with Gasteiger partial charge in [-0.05, 0) is 56.3 Å². The summed E-state index contributed by atoms with van der Waals surface area (Å²) in [5, 5.41) is 10.3. The van der Waals surface area contributed by atoms with E-state index >= 15 is 0 Å². The summed E-state index contributed by atoms with van der Waals surface area (Å²) < 4.78 is 5.43. The highest BCUT2D eigenvalue weighted by atomic mass is 16.4. The normalized spacial score (nSPS) is 11.4. The molecule has 2 aromatic carbocycles. The first-order valence-corrected chi connectivity index (χ1v) is 8.69. The van der Waals surface area contributed by atoms with Crippen LogP contribution in [0.4, 0.5) is 5.82 Å². The molecule has 0 atom stereocenters. The van der Waals surface area contributed by atoms with Gasteiger partial charge in [0, 0.05) is 24.0 Å². The topological polar surface area (TPSA) is 79.5 Å². The summed E-state index contributed by atoms with van der Waals surface area (Å²) in [5.41, 5.74) is 3.92. The molecule has 0 aliphatic carbocycles. The van der Waals surface area contributed by atoms with E-state index in [-0.39, 0.29) is 11.6 Å². The van der Waals surface area contributed by atoms with Gasteiger partial charge in [0.25, 0.3) is 0 Å². The zero-order valence-electron chi connectivity index (χ0n) is 15.3. The van der Waals surface area contributed by atoms with Gasteiger partial charge in [-0.3, -0.25) is 0 Å². The summed E-state index contributed by atoms with van der Waals surface area (Å²) in [6.07, 6.45) is 1.66. The van der Waals surface area contributed by atoms with Crippen molar-refractivity contribution in [3.05, 3.63) is 54.3 Å². The highest BCUT2D eigenvalue weighted by molar-refractivity contribution is 5.94. The zero-order valence-corrected chi connectivity index (χ0v) is 15.3. The molecule has 0 fully saturated rings. The summed E-state index contributed by atoms with van der Waals surface area (Å²) in [4.78, 5) is 22.9. The van der Waals surface area contributed by atoms with Crippen LogP contribution in [0, 0.1) is 0 Å². The molecule has 4 rings (SSSR count). The minimum atomic E-state index is -0.980. The smallest absolute Gasteiger partial charge is 0.335 e. The maximum absolute atomic E-state index is 11.3. The lowest BCUT2D eigenvalue weighted by Gasteiger charge is -2.25. The molecule has 0 bridgehead atoms. The highest BCUT2D eigenvalue weighted by Gasteiger charge is 2.18. The summed E-state index contributed by atoms with van der Waals surface area (Å²) in [7, 11) is 1.96. The molecule has 0 saturated carbocycles. The fourth-order valence-electron chi connectivity index (χ4n) is 2.98. The number of carboxylic acids is 1. The molecule has 6 heteroatoms. The van der Waals surface area contributed by atoms with Crippen molar-refractivity contribution in [2.45, 2.75) is 19.9 Å². The van der Waals surface area contributed by atoms with E-state index in [4.69, 9.17) is 14.4 Å². The van der Waals surface area contributed by atoms with Crippen LogP contribution in [0.3, 0.4) is 0 Å². The lowest BCUT2D eigenvalue weighted by atomic mass is 10.1. The van der Waals surface area contributed by atoms with Crippen molar-refractivity contribution in [3.63, 3.8) is 0 Å². The lowest BCUT2D eigenvalue weighted by Crippen LogP contribution is -2.27. The molecule has 0 amide bonds. The molecular formula is C21H19N3O3. The molecule has 2 heterocycles. The number of anilines is 1. The van der Waals surface area contributed by atoms with Gasteiger partial charge in [-0.15, -0.1) is 0 Å². The van der Waals surface area contributed by atoms with E-state index in [1.807, 2.05) is 36.2 Å². The average molecular weight is 361 g/mol. The van der Waals surface area contributed by atoms with Crippen LogP contribution in [0.15, 0.2) is 53.1 Å². The molecule has 0 aliphatic heterocycles. The van der Waals surface area contributed by atoms with Crippen molar-refractivity contribution < 1.29 is 14.3 Å². The first-order valence-electron chi connectivity index (χ1n) is 8.69. The van der Waals surface area contributed by atoms with Crippen molar-refractivity contribution >= 4 is 33.8 Å².